The van der Waals surface area contributed by atoms with Crippen LogP contribution in [0.4, 0.5) is 15.3 Å². The van der Waals surface area contributed by atoms with Crippen molar-refractivity contribution in [1.82, 2.24) is 9.80 Å². The lowest BCUT2D eigenvalue weighted by Crippen LogP contribution is -2.56. The highest BCUT2D eigenvalue weighted by Gasteiger charge is 2.33. The van der Waals surface area contributed by atoms with Gasteiger partial charge in [0.1, 0.15) is 5.75 Å². The van der Waals surface area contributed by atoms with Crippen molar-refractivity contribution in [2.24, 2.45) is 0 Å². The number of nitro benzene ring substituents is 1. The van der Waals surface area contributed by atoms with Crippen LogP contribution in [-0.2, 0) is 0 Å². The number of nitriles is 1. The third-order valence-corrected chi connectivity index (χ3v) is 3.57. The summed E-state index contributed by atoms with van der Waals surface area (Å²) in [6.07, 6.45) is -1.87. The molecular formula is C14H14N4O6. The SMILES string of the molecule is N#CC[C@H]1CN(C(=O)Oc2ccc([N+](=O)[O-])cc2)CCN1C(=O)O. The monoisotopic (exact) mass is 334 g/mol. The van der Waals surface area contributed by atoms with Gasteiger partial charge < -0.3 is 19.6 Å². The maximum atomic E-state index is 12.1. The van der Waals surface area contributed by atoms with Gasteiger partial charge in [0.2, 0.25) is 0 Å². The van der Waals surface area contributed by atoms with Crippen LogP contribution in [0.15, 0.2) is 24.3 Å². The molecule has 1 atom stereocenters. The quantitative estimate of drug-likeness (QED) is 0.655. The highest BCUT2D eigenvalue weighted by molar-refractivity contribution is 5.72. The van der Waals surface area contributed by atoms with Crippen molar-refractivity contribution in [2.75, 3.05) is 19.6 Å². The van der Waals surface area contributed by atoms with Crippen molar-refractivity contribution in [2.45, 2.75) is 12.5 Å². The van der Waals surface area contributed by atoms with Gasteiger partial charge in [-0.3, -0.25) is 10.1 Å². The predicted octanol–water partition coefficient (Wildman–Crippen LogP) is 1.67. The van der Waals surface area contributed by atoms with E-state index in [-0.39, 0.29) is 37.5 Å². The zero-order valence-electron chi connectivity index (χ0n) is 12.5. The van der Waals surface area contributed by atoms with Gasteiger partial charge >= 0.3 is 12.2 Å². The van der Waals surface area contributed by atoms with Crippen molar-refractivity contribution in [1.29, 1.82) is 5.26 Å². The van der Waals surface area contributed by atoms with Crippen molar-refractivity contribution in [3.05, 3.63) is 34.4 Å². The molecule has 24 heavy (non-hydrogen) atoms. The lowest BCUT2D eigenvalue weighted by atomic mass is 10.1. The van der Waals surface area contributed by atoms with Gasteiger partial charge in [-0.15, -0.1) is 0 Å². The van der Waals surface area contributed by atoms with Crippen LogP contribution in [0.25, 0.3) is 0 Å². The van der Waals surface area contributed by atoms with Crippen molar-refractivity contribution in [3.63, 3.8) is 0 Å². The number of nitro groups is 1. The number of benzene rings is 1. The first-order valence-corrected chi connectivity index (χ1v) is 7.00. The number of amides is 2. The number of piperazine rings is 1. The molecule has 2 rings (SSSR count). The highest BCUT2D eigenvalue weighted by Crippen LogP contribution is 2.19. The fourth-order valence-electron chi connectivity index (χ4n) is 2.35. The van der Waals surface area contributed by atoms with Gasteiger partial charge in [-0.25, -0.2) is 9.59 Å². The fourth-order valence-corrected chi connectivity index (χ4v) is 2.35. The van der Waals surface area contributed by atoms with Crippen LogP contribution in [0.3, 0.4) is 0 Å². The molecule has 1 N–H and O–H groups in total. The Balaban J connectivity index is 2.01. The van der Waals surface area contributed by atoms with Crippen molar-refractivity contribution in [3.8, 4) is 11.8 Å². The molecule has 0 radical (unpaired) electrons. The molecule has 10 nitrogen and oxygen atoms in total. The molecule has 0 aliphatic carbocycles. The number of hydrogen-bond acceptors (Lipinski definition) is 6. The summed E-state index contributed by atoms with van der Waals surface area (Å²) in [5.41, 5.74) is -0.126. The van der Waals surface area contributed by atoms with E-state index in [4.69, 9.17) is 15.1 Å². The number of nitrogens with zero attached hydrogens (tertiary/aromatic N) is 4. The average Bonchev–Trinajstić information content (AvgIpc) is 2.55. The normalized spacial score (nSPS) is 17.0. The molecular weight excluding hydrogens is 320 g/mol. The summed E-state index contributed by atoms with van der Waals surface area (Å²) in [6, 6.07) is 6.31. The third-order valence-electron chi connectivity index (χ3n) is 3.57. The van der Waals surface area contributed by atoms with E-state index in [2.05, 4.69) is 0 Å². The molecule has 1 heterocycles. The molecule has 126 valence electrons. The summed E-state index contributed by atoms with van der Waals surface area (Å²) in [5.74, 6) is 0.142. The summed E-state index contributed by atoms with van der Waals surface area (Å²) in [4.78, 5) is 35.7. The Bertz CT molecular complexity index is 684. The fraction of sp³-hybridized carbons (Fsp3) is 0.357. The number of hydrogen-bond donors (Lipinski definition) is 1. The Kier molecular flexibility index (Phi) is 5.16. The summed E-state index contributed by atoms with van der Waals surface area (Å²) in [7, 11) is 0. The predicted molar refractivity (Wildman–Crippen MR) is 79.4 cm³/mol. The maximum Gasteiger partial charge on any atom is 0.415 e. The Morgan fingerprint density at radius 2 is 2.04 bits per heavy atom. The van der Waals surface area contributed by atoms with Gasteiger partial charge in [-0.05, 0) is 12.1 Å². The van der Waals surface area contributed by atoms with Crippen LogP contribution in [0.1, 0.15) is 6.42 Å². The van der Waals surface area contributed by atoms with Crippen LogP contribution >= 0.6 is 0 Å². The molecule has 1 aromatic rings. The van der Waals surface area contributed by atoms with E-state index in [1.165, 1.54) is 29.2 Å². The maximum absolute atomic E-state index is 12.1. The van der Waals surface area contributed by atoms with E-state index >= 15 is 0 Å². The van der Waals surface area contributed by atoms with Crippen molar-refractivity contribution < 1.29 is 24.4 Å². The van der Waals surface area contributed by atoms with E-state index in [1.807, 2.05) is 6.07 Å². The summed E-state index contributed by atoms with van der Waals surface area (Å²) >= 11 is 0. The van der Waals surface area contributed by atoms with Gasteiger partial charge in [0.05, 0.1) is 23.5 Å². The van der Waals surface area contributed by atoms with Crippen LogP contribution in [0, 0.1) is 21.4 Å². The van der Waals surface area contributed by atoms with Crippen molar-refractivity contribution >= 4 is 17.9 Å². The van der Waals surface area contributed by atoms with E-state index in [9.17, 15) is 19.7 Å². The van der Waals surface area contributed by atoms with Gasteiger partial charge in [0.25, 0.3) is 5.69 Å². The van der Waals surface area contributed by atoms with E-state index in [1.54, 1.807) is 0 Å². The number of carboxylic acid groups (broad SMARTS) is 1. The Hall–Kier alpha value is -3.35. The standard InChI is InChI=1S/C14H14N4O6/c15-6-5-11-9-16(7-8-17(11)13(19)20)14(21)24-12-3-1-10(2-4-12)18(22)23/h1-4,11H,5,7-9H2,(H,19,20)/t11-/m0/s1. The van der Waals surface area contributed by atoms with Gasteiger partial charge in [0, 0.05) is 31.8 Å². The summed E-state index contributed by atoms with van der Waals surface area (Å²) in [5, 5.41) is 28.5. The first-order chi connectivity index (χ1) is 11.4. The molecule has 0 aromatic heterocycles. The summed E-state index contributed by atoms with van der Waals surface area (Å²) in [6.45, 7) is 0.267. The average molecular weight is 334 g/mol. The second-order valence-corrected chi connectivity index (χ2v) is 5.06. The van der Waals surface area contributed by atoms with Crippen LogP contribution < -0.4 is 4.74 Å². The van der Waals surface area contributed by atoms with E-state index in [0.29, 0.717) is 0 Å². The molecule has 2 amide bonds. The minimum Gasteiger partial charge on any atom is -0.465 e. The second-order valence-electron chi connectivity index (χ2n) is 5.06. The lowest BCUT2D eigenvalue weighted by molar-refractivity contribution is -0.384. The molecule has 10 heteroatoms. The summed E-state index contributed by atoms with van der Waals surface area (Å²) < 4.78 is 5.13. The minimum atomic E-state index is -1.14. The van der Waals surface area contributed by atoms with E-state index < -0.39 is 23.2 Å². The largest absolute Gasteiger partial charge is 0.465 e. The molecule has 1 aliphatic heterocycles. The van der Waals surface area contributed by atoms with Gasteiger partial charge in [-0.2, -0.15) is 5.26 Å². The van der Waals surface area contributed by atoms with Gasteiger partial charge in [-0.1, -0.05) is 0 Å². The first kappa shape index (κ1) is 17.0. The first-order valence-electron chi connectivity index (χ1n) is 7.00. The van der Waals surface area contributed by atoms with Gasteiger partial charge in [0.15, 0.2) is 0 Å². The molecule has 0 bridgehead atoms. The molecule has 0 saturated carbocycles. The third kappa shape index (κ3) is 3.89. The highest BCUT2D eigenvalue weighted by atomic mass is 16.6. The smallest absolute Gasteiger partial charge is 0.415 e. The molecule has 1 aliphatic rings. The molecule has 1 saturated heterocycles. The van der Waals surface area contributed by atoms with E-state index in [0.717, 1.165) is 4.90 Å². The topological polar surface area (TPSA) is 137 Å². The van der Waals surface area contributed by atoms with Crippen LogP contribution in [0.2, 0.25) is 0 Å². The Morgan fingerprint density at radius 3 is 2.58 bits per heavy atom. The second kappa shape index (κ2) is 7.28. The molecule has 0 unspecified atom stereocenters. The molecule has 1 fully saturated rings. The zero-order chi connectivity index (χ0) is 17.7. The Morgan fingerprint density at radius 1 is 1.38 bits per heavy atom. The Labute approximate surface area is 136 Å². The number of carbonyl (C=O) groups excluding carboxylic acids is 1. The minimum absolute atomic E-state index is 0.0341. The number of non-ortho nitro benzene ring substituents is 1. The number of carbonyl (C=O) groups is 2. The number of rotatable bonds is 3. The zero-order valence-corrected chi connectivity index (χ0v) is 12.5. The van der Waals surface area contributed by atoms with Crippen LogP contribution in [0.5, 0.6) is 5.75 Å². The molecule has 0 spiro atoms. The van der Waals surface area contributed by atoms with Crippen LogP contribution in [-0.4, -0.2) is 57.7 Å². The molecule has 1 aromatic carbocycles. The lowest BCUT2D eigenvalue weighted by Gasteiger charge is -2.38. The number of ether oxygens (including phenoxy) is 1.